The first-order chi connectivity index (χ1) is 16.7. The van der Waals surface area contributed by atoms with Gasteiger partial charge in [-0.25, -0.2) is 9.37 Å². The molecular weight excluding hydrogens is 492 g/mol. The lowest BCUT2D eigenvalue weighted by Gasteiger charge is -2.46. The smallest absolute Gasteiger partial charge is 0.166 e. The second-order valence-electron chi connectivity index (χ2n) is 9.45. The number of hydrogen-bond donors (Lipinski definition) is 1. The van der Waals surface area contributed by atoms with Crippen LogP contribution in [0.5, 0.6) is 11.5 Å². The predicted octanol–water partition coefficient (Wildman–Crippen LogP) is 6.46. The predicted molar refractivity (Wildman–Crippen MR) is 135 cm³/mol. The molecule has 35 heavy (non-hydrogen) atoms. The van der Waals surface area contributed by atoms with Crippen molar-refractivity contribution in [3.8, 4) is 22.8 Å². The molecule has 3 aromatic heterocycles. The SMILES string of the molecule is COc1cc2[nH]nc(-c3cnc(N4CC(C)(C)C4)c(F)c3)c2cc1OC(C)c1c(Cl)cncc1Cl. The van der Waals surface area contributed by atoms with Crippen LogP contribution < -0.4 is 14.4 Å². The number of rotatable bonds is 6. The highest BCUT2D eigenvalue weighted by atomic mass is 35.5. The second-order valence-corrected chi connectivity index (χ2v) is 10.3. The molecule has 0 saturated carbocycles. The van der Waals surface area contributed by atoms with Crippen LogP contribution >= 0.6 is 23.2 Å². The fourth-order valence-corrected chi connectivity index (χ4v) is 5.16. The molecule has 1 aromatic carbocycles. The average molecular weight is 516 g/mol. The minimum atomic E-state index is -0.487. The maximum atomic E-state index is 15.0. The lowest BCUT2D eigenvalue weighted by molar-refractivity contribution is 0.216. The topological polar surface area (TPSA) is 76.2 Å². The van der Waals surface area contributed by atoms with Crippen LogP contribution in [0, 0.1) is 11.2 Å². The normalized spacial score (nSPS) is 15.7. The summed E-state index contributed by atoms with van der Waals surface area (Å²) in [6.07, 6.45) is 4.19. The van der Waals surface area contributed by atoms with Crippen LogP contribution in [-0.2, 0) is 0 Å². The van der Waals surface area contributed by atoms with Crippen LogP contribution in [0.2, 0.25) is 10.0 Å². The molecule has 5 rings (SSSR count). The van der Waals surface area contributed by atoms with Crippen LogP contribution in [0.1, 0.15) is 32.4 Å². The Morgan fingerprint density at radius 2 is 1.80 bits per heavy atom. The highest BCUT2D eigenvalue weighted by Crippen LogP contribution is 2.40. The first-order valence-corrected chi connectivity index (χ1v) is 11.8. The van der Waals surface area contributed by atoms with E-state index in [0.717, 1.165) is 18.5 Å². The summed E-state index contributed by atoms with van der Waals surface area (Å²) < 4.78 is 26.7. The lowest BCUT2D eigenvalue weighted by Crippen LogP contribution is -2.53. The van der Waals surface area contributed by atoms with Crippen LogP contribution in [0.3, 0.4) is 0 Å². The summed E-state index contributed by atoms with van der Waals surface area (Å²) in [5.74, 6) is 0.945. The quantitative estimate of drug-likeness (QED) is 0.317. The third kappa shape index (κ3) is 4.36. The van der Waals surface area contributed by atoms with Gasteiger partial charge in [-0.3, -0.25) is 10.1 Å². The van der Waals surface area contributed by atoms with Crippen LogP contribution in [0.25, 0.3) is 22.2 Å². The molecule has 1 atom stereocenters. The number of benzene rings is 1. The number of hydrogen-bond acceptors (Lipinski definition) is 6. The Bertz CT molecular complexity index is 1400. The first kappa shape index (κ1) is 23.6. The van der Waals surface area contributed by atoms with Gasteiger partial charge < -0.3 is 14.4 Å². The van der Waals surface area contributed by atoms with Crippen molar-refractivity contribution in [1.82, 2.24) is 20.2 Å². The molecule has 1 aliphatic heterocycles. The highest BCUT2D eigenvalue weighted by Gasteiger charge is 2.36. The van der Waals surface area contributed by atoms with Gasteiger partial charge in [0.15, 0.2) is 23.1 Å². The Hall–Kier alpha value is -3.10. The Morgan fingerprint density at radius 3 is 2.43 bits per heavy atom. The van der Waals surface area contributed by atoms with E-state index in [4.69, 9.17) is 32.7 Å². The molecule has 4 aromatic rings. The summed E-state index contributed by atoms with van der Waals surface area (Å²) >= 11 is 12.6. The van der Waals surface area contributed by atoms with Gasteiger partial charge in [-0.05, 0) is 24.5 Å². The zero-order valence-corrected chi connectivity index (χ0v) is 21.2. The van der Waals surface area contributed by atoms with Gasteiger partial charge in [0, 0.05) is 54.3 Å². The van der Waals surface area contributed by atoms with Gasteiger partial charge in [0.2, 0.25) is 0 Å². The maximum absolute atomic E-state index is 15.0. The molecule has 1 aliphatic rings. The molecule has 7 nitrogen and oxygen atoms in total. The van der Waals surface area contributed by atoms with E-state index in [-0.39, 0.29) is 11.2 Å². The number of methoxy groups -OCH3 is 1. The number of pyridine rings is 2. The van der Waals surface area contributed by atoms with Crippen LogP contribution in [-0.4, -0.2) is 40.4 Å². The standard InChI is InChI=1S/C25H24Cl2FN5O2/c1-13(22-16(26)9-29-10-17(22)27)35-21-6-15-19(7-20(21)34-4)31-32-23(15)14-5-18(28)24(30-8-14)33-11-25(2,3)12-33/h5-10,13H,11-12H2,1-4H3,(H,31,32). The Morgan fingerprint density at radius 1 is 1.09 bits per heavy atom. The zero-order chi connectivity index (χ0) is 24.9. The maximum Gasteiger partial charge on any atom is 0.166 e. The van der Waals surface area contributed by atoms with E-state index in [9.17, 15) is 4.39 Å². The number of anilines is 1. The lowest BCUT2D eigenvalue weighted by atomic mass is 9.84. The van der Waals surface area contributed by atoms with Gasteiger partial charge in [0.05, 0.1) is 22.7 Å². The molecule has 1 fully saturated rings. The summed E-state index contributed by atoms with van der Waals surface area (Å²) in [6.45, 7) is 7.67. The fraction of sp³-hybridized carbons (Fsp3) is 0.320. The summed E-state index contributed by atoms with van der Waals surface area (Å²) in [6, 6.07) is 5.05. The van der Waals surface area contributed by atoms with Crippen molar-refractivity contribution in [2.45, 2.75) is 26.9 Å². The Labute approximate surface area is 212 Å². The molecule has 0 aliphatic carbocycles. The number of H-pyrrole nitrogens is 1. The van der Waals surface area contributed by atoms with E-state index in [1.807, 2.05) is 11.8 Å². The zero-order valence-electron chi connectivity index (χ0n) is 19.7. The van der Waals surface area contributed by atoms with E-state index in [0.29, 0.717) is 49.7 Å². The third-order valence-electron chi connectivity index (χ3n) is 6.08. The highest BCUT2D eigenvalue weighted by molar-refractivity contribution is 6.35. The Kier molecular flexibility index (Phi) is 5.97. The third-order valence-corrected chi connectivity index (χ3v) is 6.68. The molecule has 1 saturated heterocycles. The fourth-order valence-electron chi connectivity index (χ4n) is 4.49. The van der Waals surface area contributed by atoms with E-state index in [2.05, 4.69) is 34.0 Å². The molecule has 0 radical (unpaired) electrons. The second kappa shape index (κ2) is 8.84. The van der Waals surface area contributed by atoms with E-state index >= 15 is 0 Å². The van der Waals surface area contributed by atoms with Crippen molar-refractivity contribution in [2.24, 2.45) is 5.41 Å². The monoisotopic (exact) mass is 515 g/mol. The molecule has 0 bridgehead atoms. The number of nitrogens with zero attached hydrogens (tertiary/aromatic N) is 4. The molecule has 0 spiro atoms. The minimum Gasteiger partial charge on any atom is -0.493 e. The number of aromatic nitrogens is 4. The molecule has 10 heteroatoms. The average Bonchev–Trinajstić information content (AvgIpc) is 3.19. The summed E-state index contributed by atoms with van der Waals surface area (Å²) in [5.41, 5.74) is 2.62. The molecule has 4 heterocycles. The number of halogens is 3. The summed E-state index contributed by atoms with van der Waals surface area (Å²) in [5, 5.41) is 8.94. The molecule has 1 N–H and O–H groups in total. The summed E-state index contributed by atoms with van der Waals surface area (Å²) in [7, 11) is 1.55. The van der Waals surface area contributed by atoms with Gasteiger partial charge in [0.25, 0.3) is 0 Å². The number of fused-ring (bicyclic) bond motifs is 1. The molecular formula is C25H24Cl2FN5O2. The Balaban J connectivity index is 1.50. The van der Waals surface area contributed by atoms with Crippen LogP contribution in [0.4, 0.5) is 10.2 Å². The minimum absolute atomic E-state index is 0.169. The molecule has 182 valence electrons. The van der Waals surface area contributed by atoms with Crippen molar-refractivity contribution in [3.05, 3.63) is 58.2 Å². The van der Waals surface area contributed by atoms with E-state index < -0.39 is 6.10 Å². The van der Waals surface area contributed by atoms with Crippen LogP contribution in [0.15, 0.2) is 36.8 Å². The van der Waals surface area contributed by atoms with Gasteiger partial charge in [-0.1, -0.05) is 37.0 Å². The van der Waals surface area contributed by atoms with Crippen molar-refractivity contribution >= 4 is 39.9 Å². The largest absolute Gasteiger partial charge is 0.493 e. The van der Waals surface area contributed by atoms with Crippen molar-refractivity contribution in [1.29, 1.82) is 0 Å². The van der Waals surface area contributed by atoms with E-state index in [1.54, 1.807) is 25.4 Å². The van der Waals surface area contributed by atoms with Gasteiger partial charge >= 0.3 is 0 Å². The van der Waals surface area contributed by atoms with Crippen molar-refractivity contribution in [2.75, 3.05) is 25.1 Å². The molecule has 0 amide bonds. The summed E-state index contributed by atoms with van der Waals surface area (Å²) in [4.78, 5) is 10.3. The number of nitrogens with one attached hydrogen (secondary N) is 1. The van der Waals surface area contributed by atoms with Gasteiger partial charge in [-0.15, -0.1) is 0 Å². The van der Waals surface area contributed by atoms with Gasteiger partial charge in [-0.2, -0.15) is 5.10 Å². The van der Waals surface area contributed by atoms with Crippen molar-refractivity contribution < 1.29 is 13.9 Å². The van der Waals surface area contributed by atoms with Gasteiger partial charge in [0.1, 0.15) is 11.8 Å². The number of ether oxygens (including phenoxy) is 2. The first-order valence-electron chi connectivity index (χ1n) is 11.1. The van der Waals surface area contributed by atoms with Crippen molar-refractivity contribution in [3.63, 3.8) is 0 Å². The van der Waals surface area contributed by atoms with E-state index in [1.165, 1.54) is 18.5 Å². The molecule has 1 unspecified atom stereocenters. The number of aromatic amines is 1.